The van der Waals surface area contributed by atoms with Crippen LogP contribution in [0.2, 0.25) is 0 Å². The van der Waals surface area contributed by atoms with Crippen molar-refractivity contribution in [3.63, 3.8) is 0 Å². The number of unbranched alkanes of at least 4 members (excludes halogenated alkanes) is 1. The summed E-state index contributed by atoms with van der Waals surface area (Å²) in [7, 11) is 1.78. The molecule has 2 heterocycles. The predicted molar refractivity (Wildman–Crippen MR) is 115 cm³/mol. The minimum absolute atomic E-state index is 0.0147. The highest BCUT2D eigenvalue weighted by Crippen LogP contribution is 2.30. The Morgan fingerprint density at radius 3 is 2.67 bits per heavy atom. The molecule has 0 radical (unpaired) electrons. The van der Waals surface area contributed by atoms with Crippen LogP contribution in [0.5, 0.6) is 5.75 Å². The normalized spacial score (nSPS) is 16.9. The van der Waals surface area contributed by atoms with Crippen molar-refractivity contribution in [1.29, 1.82) is 0 Å². The van der Waals surface area contributed by atoms with Crippen LogP contribution in [0.1, 0.15) is 44.2 Å². The average Bonchev–Trinajstić information content (AvgIpc) is 2.71. The molecule has 0 spiro atoms. The van der Waals surface area contributed by atoms with Crippen LogP contribution in [0.15, 0.2) is 27.4 Å². The first-order valence-electron chi connectivity index (χ1n) is 10.6. The van der Waals surface area contributed by atoms with E-state index in [0.717, 1.165) is 24.0 Å². The highest BCUT2D eigenvalue weighted by Gasteiger charge is 2.35. The number of piperazine rings is 1. The van der Waals surface area contributed by atoms with Gasteiger partial charge in [-0.1, -0.05) is 26.7 Å². The van der Waals surface area contributed by atoms with Crippen LogP contribution < -0.4 is 10.4 Å². The van der Waals surface area contributed by atoms with Crippen LogP contribution in [0, 0.1) is 6.92 Å². The first-order valence-corrected chi connectivity index (χ1v) is 10.6. The second-order valence-corrected chi connectivity index (χ2v) is 7.87. The molecule has 1 fully saturated rings. The van der Waals surface area contributed by atoms with Gasteiger partial charge < -0.3 is 19.0 Å². The summed E-state index contributed by atoms with van der Waals surface area (Å²) >= 11 is 0. The fourth-order valence-corrected chi connectivity index (χ4v) is 3.97. The molecule has 30 heavy (non-hydrogen) atoms. The number of likely N-dealkylation sites (N-methyl/N-ethyl adjacent to an activating group) is 1. The lowest BCUT2D eigenvalue weighted by Gasteiger charge is -2.39. The molecule has 1 aromatic heterocycles. The summed E-state index contributed by atoms with van der Waals surface area (Å²) in [6.45, 7) is 6.76. The van der Waals surface area contributed by atoms with Crippen molar-refractivity contribution < 1.29 is 18.7 Å². The number of carbonyl (C=O) groups is 2. The summed E-state index contributed by atoms with van der Waals surface area (Å²) in [4.78, 5) is 40.8. The van der Waals surface area contributed by atoms with E-state index in [1.807, 2.05) is 19.9 Å². The Morgan fingerprint density at radius 2 is 1.97 bits per heavy atom. The molecule has 0 aliphatic carbocycles. The highest BCUT2D eigenvalue weighted by atomic mass is 16.5. The van der Waals surface area contributed by atoms with Crippen molar-refractivity contribution >= 4 is 22.8 Å². The van der Waals surface area contributed by atoms with Crippen LogP contribution in [-0.4, -0.2) is 54.4 Å². The Morgan fingerprint density at radius 1 is 1.20 bits per heavy atom. The monoisotopic (exact) mass is 414 g/mol. The Balaban J connectivity index is 1.84. The van der Waals surface area contributed by atoms with Gasteiger partial charge in [-0.2, -0.15) is 0 Å². The van der Waals surface area contributed by atoms with Gasteiger partial charge in [0.15, 0.2) is 6.61 Å². The number of amides is 2. The minimum Gasteiger partial charge on any atom is -0.483 e. The van der Waals surface area contributed by atoms with Crippen molar-refractivity contribution in [3.8, 4) is 5.75 Å². The van der Waals surface area contributed by atoms with Crippen LogP contribution in [0.25, 0.3) is 11.0 Å². The zero-order valence-corrected chi connectivity index (χ0v) is 18.2. The number of rotatable bonds is 7. The molecule has 1 aromatic carbocycles. The first kappa shape index (κ1) is 21.9. The molecular weight excluding hydrogens is 384 g/mol. The number of hydrogen-bond acceptors (Lipinski definition) is 5. The molecule has 7 heteroatoms. The molecule has 162 valence electrons. The van der Waals surface area contributed by atoms with Gasteiger partial charge in [0.05, 0.1) is 5.39 Å². The number of hydrogen-bond donors (Lipinski definition) is 0. The van der Waals surface area contributed by atoms with Gasteiger partial charge in [0.2, 0.25) is 5.91 Å². The van der Waals surface area contributed by atoms with Gasteiger partial charge in [-0.25, -0.2) is 4.79 Å². The lowest BCUT2D eigenvalue weighted by atomic mass is 10.0. The van der Waals surface area contributed by atoms with Crippen molar-refractivity contribution in [2.75, 3.05) is 26.7 Å². The number of aryl methyl sites for hydroxylation is 2. The van der Waals surface area contributed by atoms with Crippen LogP contribution in [0.4, 0.5) is 0 Å². The van der Waals surface area contributed by atoms with E-state index in [9.17, 15) is 14.4 Å². The smallest absolute Gasteiger partial charge is 0.336 e. The molecule has 1 aliphatic heterocycles. The molecule has 1 saturated heterocycles. The molecule has 3 rings (SSSR count). The van der Waals surface area contributed by atoms with Crippen molar-refractivity contribution in [1.82, 2.24) is 9.80 Å². The maximum atomic E-state index is 13.0. The zero-order valence-electron chi connectivity index (χ0n) is 18.2. The summed E-state index contributed by atoms with van der Waals surface area (Å²) in [5.74, 6) is 0.297. The minimum atomic E-state index is -0.432. The van der Waals surface area contributed by atoms with E-state index in [2.05, 4.69) is 6.92 Å². The first-order chi connectivity index (χ1) is 14.3. The molecule has 2 aromatic rings. The van der Waals surface area contributed by atoms with Crippen molar-refractivity contribution in [3.05, 3.63) is 39.7 Å². The second-order valence-electron chi connectivity index (χ2n) is 7.87. The van der Waals surface area contributed by atoms with Crippen LogP contribution >= 0.6 is 0 Å². The maximum absolute atomic E-state index is 13.0. The standard InChI is InChI=1S/C23H30N2O5/c1-5-7-8-17-23(28)24(4)9-10-25(17)20(26)14-29-18-11-15(3)12-19-22(18)16(6-2)13-21(27)30-19/h11-13,17H,5-10,14H2,1-4H3. The van der Waals surface area contributed by atoms with Gasteiger partial charge in [0.25, 0.3) is 5.91 Å². The van der Waals surface area contributed by atoms with Gasteiger partial charge in [-0.3, -0.25) is 9.59 Å². The molecule has 1 aliphatic rings. The average molecular weight is 415 g/mol. The Bertz CT molecular complexity index is 997. The van der Waals surface area contributed by atoms with Gasteiger partial charge in [-0.05, 0) is 43.0 Å². The van der Waals surface area contributed by atoms with E-state index in [4.69, 9.17) is 9.15 Å². The largest absolute Gasteiger partial charge is 0.483 e. The van der Waals surface area contributed by atoms with Gasteiger partial charge in [0.1, 0.15) is 17.4 Å². The zero-order chi connectivity index (χ0) is 21.8. The molecule has 1 atom stereocenters. The summed E-state index contributed by atoms with van der Waals surface area (Å²) in [6.07, 6.45) is 3.15. The quantitative estimate of drug-likeness (QED) is 0.651. The highest BCUT2D eigenvalue weighted by molar-refractivity contribution is 5.90. The lowest BCUT2D eigenvalue weighted by Crippen LogP contribution is -2.58. The molecule has 0 N–H and O–H groups in total. The predicted octanol–water partition coefficient (Wildman–Crippen LogP) is 2.90. The number of carbonyl (C=O) groups excluding carboxylic acids is 2. The van der Waals surface area contributed by atoms with Crippen LogP contribution in [-0.2, 0) is 16.0 Å². The number of benzene rings is 1. The van der Waals surface area contributed by atoms with Gasteiger partial charge >= 0.3 is 5.63 Å². The Labute approximate surface area is 176 Å². The maximum Gasteiger partial charge on any atom is 0.336 e. The fourth-order valence-electron chi connectivity index (χ4n) is 3.97. The number of fused-ring (bicyclic) bond motifs is 1. The lowest BCUT2D eigenvalue weighted by molar-refractivity contribution is -0.151. The second kappa shape index (κ2) is 9.32. The van der Waals surface area contributed by atoms with E-state index in [-0.39, 0.29) is 18.4 Å². The summed E-state index contributed by atoms with van der Waals surface area (Å²) in [5, 5.41) is 0.715. The van der Waals surface area contributed by atoms with Gasteiger partial charge in [-0.15, -0.1) is 0 Å². The van der Waals surface area contributed by atoms with Crippen molar-refractivity contribution in [2.24, 2.45) is 0 Å². The topological polar surface area (TPSA) is 80.1 Å². The number of nitrogens with zero attached hydrogens (tertiary/aromatic N) is 2. The van der Waals surface area contributed by atoms with Crippen molar-refractivity contribution in [2.45, 2.75) is 52.5 Å². The van der Waals surface area contributed by atoms with E-state index < -0.39 is 11.7 Å². The van der Waals surface area contributed by atoms with Crippen LogP contribution in [0.3, 0.4) is 0 Å². The third-order valence-corrected chi connectivity index (χ3v) is 5.63. The summed E-state index contributed by atoms with van der Waals surface area (Å²) in [5.41, 5.74) is 1.75. The van der Waals surface area contributed by atoms with E-state index in [1.165, 1.54) is 6.07 Å². The van der Waals surface area contributed by atoms with Gasteiger partial charge in [0, 0.05) is 26.2 Å². The van der Waals surface area contributed by atoms with E-state index in [0.29, 0.717) is 42.6 Å². The SMILES string of the molecule is CCCCC1C(=O)N(C)CCN1C(=O)COc1cc(C)cc2oc(=O)cc(CC)c12. The summed E-state index contributed by atoms with van der Waals surface area (Å²) in [6, 6.07) is 4.67. The molecular formula is C23H30N2O5. The van der Waals surface area contributed by atoms with E-state index >= 15 is 0 Å². The number of ether oxygens (including phenoxy) is 1. The third kappa shape index (κ3) is 4.50. The molecule has 2 amide bonds. The Kier molecular flexibility index (Phi) is 6.80. The molecule has 1 unspecified atom stereocenters. The molecule has 7 nitrogen and oxygen atoms in total. The fraction of sp³-hybridized carbons (Fsp3) is 0.522. The molecule has 0 saturated carbocycles. The molecule has 0 bridgehead atoms. The van der Waals surface area contributed by atoms with E-state index in [1.54, 1.807) is 22.9 Å². The summed E-state index contributed by atoms with van der Waals surface area (Å²) < 4.78 is 11.3. The third-order valence-electron chi connectivity index (χ3n) is 5.63. The Hall–Kier alpha value is -2.83.